The predicted molar refractivity (Wildman–Crippen MR) is 160 cm³/mol. The molecule has 0 fully saturated rings. The number of rotatable bonds is 11. The fraction of sp³-hybridized carbons (Fsp3) is 0.457. The standard InChI is InChI=1S/C18H22.C10H12F2.C7H14O2/c1-3-7-17-10-4-5-11-18(17)13-12-16-9-6-8-15(2)14-16;1-3-7-5-9(11)8(4-2)10(12)6-7;1-3-5-6(4-2)7(8)9/h4-6,8-11,14H,3,7,12-13H2,1-2H3;5-6H,3-4H2,1-2H3;6H,3-5H2,1-2H3,(H,8,9). The Morgan fingerprint density at radius 1 is 0.744 bits per heavy atom. The van der Waals surface area contributed by atoms with Crippen LogP contribution in [-0.4, -0.2) is 11.1 Å². The molecule has 4 heteroatoms. The maximum atomic E-state index is 13.1. The summed E-state index contributed by atoms with van der Waals surface area (Å²) in [5.41, 5.74) is 6.73. The summed E-state index contributed by atoms with van der Waals surface area (Å²) in [5, 5.41) is 8.50. The normalized spacial score (nSPS) is 11.1. The van der Waals surface area contributed by atoms with E-state index in [2.05, 4.69) is 62.4 Å². The summed E-state index contributed by atoms with van der Waals surface area (Å²) in [6, 6.07) is 20.5. The molecule has 0 amide bonds. The zero-order valence-electron chi connectivity index (χ0n) is 24.8. The molecule has 0 saturated heterocycles. The zero-order chi connectivity index (χ0) is 29.2. The Bertz CT molecular complexity index is 1100. The van der Waals surface area contributed by atoms with Gasteiger partial charge in [-0.2, -0.15) is 0 Å². The maximum absolute atomic E-state index is 13.1. The summed E-state index contributed by atoms with van der Waals surface area (Å²) < 4.78 is 26.1. The van der Waals surface area contributed by atoms with Crippen LogP contribution in [0.5, 0.6) is 0 Å². The summed E-state index contributed by atoms with van der Waals surface area (Å²) in [6.07, 6.45) is 8.31. The quantitative estimate of drug-likeness (QED) is 0.264. The second-order valence-electron chi connectivity index (χ2n) is 9.98. The van der Waals surface area contributed by atoms with Crippen molar-refractivity contribution in [3.8, 4) is 0 Å². The number of benzene rings is 3. The lowest BCUT2D eigenvalue weighted by Gasteiger charge is -2.09. The molecule has 3 rings (SSSR count). The molecule has 0 bridgehead atoms. The van der Waals surface area contributed by atoms with Crippen molar-refractivity contribution in [2.24, 2.45) is 5.92 Å². The van der Waals surface area contributed by atoms with Gasteiger partial charge in [-0.3, -0.25) is 4.79 Å². The van der Waals surface area contributed by atoms with Gasteiger partial charge in [0, 0.05) is 5.56 Å². The summed E-state index contributed by atoms with van der Waals surface area (Å²) in [7, 11) is 0. The van der Waals surface area contributed by atoms with Gasteiger partial charge in [0.2, 0.25) is 0 Å². The highest BCUT2D eigenvalue weighted by atomic mass is 19.1. The van der Waals surface area contributed by atoms with Crippen molar-refractivity contribution in [2.45, 2.75) is 99.3 Å². The van der Waals surface area contributed by atoms with E-state index in [1.54, 1.807) is 6.92 Å². The van der Waals surface area contributed by atoms with E-state index in [-0.39, 0.29) is 11.5 Å². The Labute approximate surface area is 235 Å². The van der Waals surface area contributed by atoms with Crippen molar-refractivity contribution >= 4 is 5.97 Å². The van der Waals surface area contributed by atoms with Crippen LogP contribution in [0.3, 0.4) is 0 Å². The van der Waals surface area contributed by atoms with Crippen LogP contribution in [0, 0.1) is 24.5 Å². The van der Waals surface area contributed by atoms with E-state index in [1.807, 2.05) is 20.8 Å². The molecule has 0 heterocycles. The highest BCUT2D eigenvalue weighted by molar-refractivity contribution is 5.69. The van der Waals surface area contributed by atoms with Gasteiger partial charge in [-0.1, -0.05) is 102 Å². The molecular formula is C35H48F2O2. The first kappa shape index (κ1) is 34.0. The molecule has 3 aromatic rings. The average molecular weight is 539 g/mol. The van der Waals surface area contributed by atoms with Gasteiger partial charge in [-0.15, -0.1) is 0 Å². The van der Waals surface area contributed by atoms with Crippen molar-refractivity contribution in [3.05, 3.63) is 106 Å². The molecule has 3 aromatic carbocycles. The van der Waals surface area contributed by atoms with Crippen LogP contribution >= 0.6 is 0 Å². The van der Waals surface area contributed by atoms with Crippen LogP contribution in [0.25, 0.3) is 0 Å². The van der Waals surface area contributed by atoms with E-state index < -0.39 is 17.6 Å². The first-order valence-corrected chi connectivity index (χ1v) is 14.5. The van der Waals surface area contributed by atoms with E-state index >= 15 is 0 Å². The molecular weight excluding hydrogens is 490 g/mol. The van der Waals surface area contributed by atoms with Crippen LogP contribution < -0.4 is 0 Å². The number of carboxylic acids is 1. The third-order valence-electron chi connectivity index (χ3n) is 6.85. The van der Waals surface area contributed by atoms with Gasteiger partial charge >= 0.3 is 5.97 Å². The maximum Gasteiger partial charge on any atom is 0.306 e. The zero-order valence-corrected chi connectivity index (χ0v) is 24.8. The summed E-state index contributed by atoms with van der Waals surface area (Å²) in [4.78, 5) is 10.3. The Kier molecular flexibility index (Phi) is 16.7. The highest BCUT2D eigenvalue weighted by Gasteiger charge is 2.12. The first-order valence-electron chi connectivity index (χ1n) is 14.5. The molecule has 1 unspecified atom stereocenters. The number of aryl methyl sites for hydroxylation is 5. The molecule has 0 aliphatic rings. The number of hydrogen-bond donors (Lipinski definition) is 1. The fourth-order valence-electron chi connectivity index (χ4n) is 4.51. The second kappa shape index (κ2) is 19.1. The van der Waals surface area contributed by atoms with E-state index in [4.69, 9.17) is 5.11 Å². The van der Waals surface area contributed by atoms with Crippen LogP contribution in [0.1, 0.15) is 93.7 Å². The number of carboxylic acid groups (broad SMARTS) is 1. The van der Waals surface area contributed by atoms with Gasteiger partial charge in [0.15, 0.2) is 0 Å². The number of hydrogen-bond acceptors (Lipinski definition) is 1. The topological polar surface area (TPSA) is 37.3 Å². The van der Waals surface area contributed by atoms with Gasteiger partial charge in [0.05, 0.1) is 5.92 Å². The molecule has 2 nitrogen and oxygen atoms in total. The number of carbonyl (C=O) groups is 1. The smallest absolute Gasteiger partial charge is 0.306 e. The van der Waals surface area contributed by atoms with Crippen molar-refractivity contribution in [3.63, 3.8) is 0 Å². The van der Waals surface area contributed by atoms with Crippen LogP contribution in [-0.2, 0) is 36.9 Å². The monoisotopic (exact) mass is 538 g/mol. The Morgan fingerprint density at radius 2 is 1.36 bits per heavy atom. The van der Waals surface area contributed by atoms with Gasteiger partial charge in [0.1, 0.15) is 11.6 Å². The summed E-state index contributed by atoms with van der Waals surface area (Å²) in [6.45, 7) is 11.9. The minimum absolute atomic E-state index is 0.116. The lowest BCUT2D eigenvalue weighted by molar-refractivity contribution is -0.142. The Morgan fingerprint density at radius 3 is 1.79 bits per heavy atom. The van der Waals surface area contributed by atoms with E-state index in [1.165, 1.54) is 47.2 Å². The Hall–Kier alpha value is -3.01. The number of aliphatic carboxylic acids is 1. The molecule has 0 aromatic heterocycles. The number of halogens is 2. The van der Waals surface area contributed by atoms with E-state index in [0.29, 0.717) is 18.4 Å². The van der Waals surface area contributed by atoms with Crippen molar-refractivity contribution in [1.29, 1.82) is 0 Å². The van der Waals surface area contributed by atoms with Crippen molar-refractivity contribution < 1.29 is 18.7 Å². The third-order valence-corrected chi connectivity index (χ3v) is 6.85. The molecule has 1 atom stereocenters. The summed E-state index contributed by atoms with van der Waals surface area (Å²) >= 11 is 0. The van der Waals surface area contributed by atoms with Crippen LogP contribution in [0.4, 0.5) is 8.78 Å². The molecule has 39 heavy (non-hydrogen) atoms. The van der Waals surface area contributed by atoms with Gasteiger partial charge in [-0.25, -0.2) is 8.78 Å². The van der Waals surface area contributed by atoms with E-state index in [9.17, 15) is 13.6 Å². The van der Waals surface area contributed by atoms with Gasteiger partial charge < -0.3 is 5.11 Å². The fourth-order valence-corrected chi connectivity index (χ4v) is 4.51. The molecule has 214 valence electrons. The van der Waals surface area contributed by atoms with Crippen LogP contribution in [0.2, 0.25) is 0 Å². The van der Waals surface area contributed by atoms with E-state index in [0.717, 1.165) is 32.1 Å². The molecule has 0 aliphatic carbocycles. The highest BCUT2D eigenvalue weighted by Crippen LogP contribution is 2.17. The predicted octanol–water partition coefficient (Wildman–Crippen LogP) is 9.72. The van der Waals surface area contributed by atoms with Gasteiger partial charge in [0.25, 0.3) is 0 Å². The molecule has 1 N–H and O–H groups in total. The molecule has 0 radical (unpaired) electrons. The second-order valence-corrected chi connectivity index (χ2v) is 9.98. The summed E-state index contributed by atoms with van der Waals surface area (Å²) in [5.74, 6) is -1.61. The van der Waals surface area contributed by atoms with Crippen molar-refractivity contribution in [2.75, 3.05) is 0 Å². The molecule has 0 spiro atoms. The molecule has 0 aliphatic heterocycles. The average Bonchev–Trinajstić information content (AvgIpc) is 2.92. The van der Waals surface area contributed by atoms with Crippen molar-refractivity contribution in [1.82, 2.24) is 0 Å². The third kappa shape index (κ3) is 12.6. The lowest BCUT2D eigenvalue weighted by atomic mass is 9.97. The first-order chi connectivity index (χ1) is 18.7. The lowest BCUT2D eigenvalue weighted by Crippen LogP contribution is -2.11. The molecule has 0 saturated carbocycles. The Balaban J connectivity index is 0.000000315. The SMILES string of the molecule is CCCC(CC)C(=O)O.CCCc1ccccc1CCc1cccc(C)c1.CCc1cc(F)c(CC)c(F)c1. The minimum Gasteiger partial charge on any atom is -0.481 e. The minimum atomic E-state index is -0.653. The van der Waals surface area contributed by atoms with Crippen LogP contribution in [0.15, 0.2) is 60.7 Å². The largest absolute Gasteiger partial charge is 0.481 e. The van der Waals surface area contributed by atoms with Gasteiger partial charge in [-0.05, 0) is 86.3 Å².